The quantitative estimate of drug-likeness (QED) is 0.600. The molecule has 0 spiro atoms. The van der Waals surface area contributed by atoms with E-state index >= 15 is 0 Å². The number of nitrogens with one attached hydrogen (secondary N) is 2. The predicted molar refractivity (Wildman–Crippen MR) is 82.2 cm³/mol. The Balaban J connectivity index is 1.57. The van der Waals surface area contributed by atoms with Gasteiger partial charge in [0, 0.05) is 23.0 Å². The van der Waals surface area contributed by atoms with Gasteiger partial charge in [-0.3, -0.25) is 5.10 Å². The number of hydrogen-bond acceptors (Lipinski definition) is 4. The molecule has 104 valence electrons. The number of aryl methyl sites for hydroxylation is 1. The van der Waals surface area contributed by atoms with E-state index in [4.69, 9.17) is 4.42 Å². The number of aromatic nitrogens is 3. The van der Waals surface area contributed by atoms with Crippen molar-refractivity contribution in [1.82, 2.24) is 15.2 Å². The van der Waals surface area contributed by atoms with Crippen LogP contribution in [0.5, 0.6) is 0 Å². The number of anilines is 1. The second kappa shape index (κ2) is 4.63. The third kappa shape index (κ3) is 2.12. The molecule has 2 N–H and O–H groups in total. The lowest BCUT2D eigenvalue weighted by Gasteiger charge is -2.06. The minimum Gasteiger partial charge on any atom is -0.464 e. The second-order valence-corrected chi connectivity index (χ2v) is 5.09. The van der Waals surface area contributed by atoms with E-state index in [9.17, 15) is 0 Å². The van der Waals surface area contributed by atoms with Crippen LogP contribution < -0.4 is 5.32 Å². The molecular weight excluding hydrogens is 264 g/mol. The van der Waals surface area contributed by atoms with Crippen LogP contribution in [0.4, 0.5) is 5.69 Å². The molecule has 3 aromatic heterocycles. The van der Waals surface area contributed by atoms with Crippen molar-refractivity contribution in [1.29, 1.82) is 0 Å². The Hall–Kier alpha value is -2.82. The van der Waals surface area contributed by atoms with Crippen molar-refractivity contribution in [2.75, 3.05) is 5.32 Å². The summed E-state index contributed by atoms with van der Waals surface area (Å²) in [5, 5.41) is 12.6. The zero-order valence-electron chi connectivity index (χ0n) is 11.6. The molecule has 3 heterocycles. The largest absolute Gasteiger partial charge is 0.464 e. The summed E-state index contributed by atoms with van der Waals surface area (Å²) >= 11 is 0. The second-order valence-electron chi connectivity index (χ2n) is 5.09. The van der Waals surface area contributed by atoms with Gasteiger partial charge in [0.2, 0.25) is 0 Å². The fourth-order valence-corrected chi connectivity index (χ4v) is 2.45. The van der Waals surface area contributed by atoms with Gasteiger partial charge in [0.05, 0.1) is 18.1 Å². The van der Waals surface area contributed by atoms with Crippen molar-refractivity contribution in [3.63, 3.8) is 0 Å². The minimum absolute atomic E-state index is 0.741. The van der Waals surface area contributed by atoms with Crippen molar-refractivity contribution >= 4 is 27.7 Å². The van der Waals surface area contributed by atoms with Crippen molar-refractivity contribution in [2.24, 2.45) is 0 Å². The molecule has 0 saturated heterocycles. The number of hydrogen-bond donors (Lipinski definition) is 2. The molecule has 21 heavy (non-hydrogen) atoms. The number of pyridine rings is 1. The molecule has 0 amide bonds. The van der Waals surface area contributed by atoms with E-state index in [2.05, 4.69) is 38.7 Å². The monoisotopic (exact) mass is 278 g/mol. The van der Waals surface area contributed by atoms with Gasteiger partial charge in [0.15, 0.2) is 5.65 Å². The first-order valence-electron chi connectivity index (χ1n) is 6.80. The first-order chi connectivity index (χ1) is 10.3. The van der Waals surface area contributed by atoms with Gasteiger partial charge < -0.3 is 9.73 Å². The van der Waals surface area contributed by atoms with E-state index in [1.807, 2.05) is 19.1 Å². The predicted octanol–water partition coefficient (Wildman–Crippen LogP) is 3.62. The molecule has 0 fully saturated rings. The standard InChI is InChI=1S/C16H14N4O/c1-10-14-7-13(9-18-16(14)20-19-10)17-8-11-2-3-15-12(6-11)4-5-21-15/h2-7,9,17H,8H2,1H3,(H,18,19,20). The van der Waals surface area contributed by atoms with E-state index in [-0.39, 0.29) is 0 Å². The lowest BCUT2D eigenvalue weighted by atomic mass is 10.1. The van der Waals surface area contributed by atoms with Crippen LogP contribution in [0.25, 0.3) is 22.0 Å². The van der Waals surface area contributed by atoms with Gasteiger partial charge in [0.1, 0.15) is 5.58 Å². The molecule has 0 aliphatic heterocycles. The summed E-state index contributed by atoms with van der Waals surface area (Å²) in [4.78, 5) is 4.34. The highest BCUT2D eigenvalue weighted by Gasteiger charge is 2.04. The van der Waals surface area contributed by atoms with Crippen molar-refractivity contribution in [3.05, 3.63) is 54.0 Å². The average molecular weight is 278 g/mol. The molecule has 5 nitrogen and oxygen atoms in total. The van der Waals surface area contributed by atoms with Crippen LogP contribution in [0.2, 0.25) is 0 Å². The molecule has 5 heteroatoms. The lowest BCUT2D eigenvalue weighted by molar-refractivity contribution is 0.616. The van der Waals surface area contributed by atoms with Crippen molar-refractivity contribution < 1.29 is 4.42 Å². The molecule has 0 aliphatic rings. The number of aromatic amines is 1. The normalized spacial score (nSPS) is 11.3. The van der Waals surface area contributed by atoms with E-state index < -0.39 is 0 Å². The molecular formula is C16H14N4O. The summed E-state index contributed by atoms with van der Waals surface area (Å²) in [6, 6.07) is 10.2. The first-order valence-corrected chi connectivity index (χ1v) is 6.80. The fourth-order valence-electron chi connectivity index (χ4n) is 2.45. The molecule has 4 rings (SSSR count). The highest BCUT2D eigenvalue weighted by Crippen LogP contribution is 2.20. The number of rotatable bonds is 3. The maximum atomic E-state index is 5.35. The summed E-state index contributed by atoms with van der Waals surface area (Å²) < 4.78 is 5.35. The number of nitrogens with zero attached hydrogens (tertiary/aromatic N) is 2. The number of furan rings is 1. The summed E-state index contributed by atoms with van der Waals surface area (Å²) in [5.74, 6) is 0. The topological polar surface area (TPSA) is 66.7 Å². The van der Waals surface area contributed by atoms with Gasteiger partial charge in [0.25, 0.3) is 0 Å². The number of fused-ring (bicyclic) bond motifs is 2. The van der Waals surface area contributed by atoms with Gasteiger partial charge in [-0.2, -0.15) is 5.10 Å². The summed E-state index contributed by atoms with van der Waals surface area (Å²) in [5.41, 5.74) is 4.88. The number of benzene rings is 1. The molecule has 1 aromatic carbocycles. The van der Waals surface area contributed by atoms with Crippen molar-refractivity contribution in [2.45, 2.75) is 13.5 Å². The highest BCUT2D eigenvalue weighted by molar-refractivity contribution is 5.81. The zero-order chi connectivity index (χ0) is 14.2. The Kier molecular flexibility index (Phi) is 2.64. The van der Waals surface area contributed by atoms with Crippen LogP contribution in [0.15, 0.2) is 47.2 Å². The van der Waals surface area contributed by atoms with E-state index in [1.54, 1.807) is 12.5 Å². The molecule has 0 bridgehead atoms. The first kappa shape index (κ1) is 12.0. The van der Waals surface area contributed by atoms with Crippen LogP contribution in [-0.4, -0.2) is 15.2 Å². The maximum absolute atomic E-state index is 5.35. The van der Waals surface area contributed by atoms with Gasteiger partial charge in [-0.15, -0.1) is 0 Å². The van der Waals surface area contributed by atoms with E-state index in [1.165, 1.54) is 5.56 Å². The average Bonchev–Trinajstić information content (AvgIpc) is 3.11. The zero-order valence-corrected chi connectivity index (χ0v) is 11.6. The van der Waals surface area contributed by atoms with Gasteiger partial charge in [-0.1, -0.05) is 6.07 Å². The van der Waals surface area contributed by atoms with Crippen LogP contribution in [0.1, 0.15) is 11.3 Å². The Labute approximate surface area is 121 Å². The minimum atomic E-state index is 0.741. The Morgan fingerprint density at radius 2 is 2.19 bits per heavy atom. The maximum Gasteiger partial charge on any atom is 0.181 e. The lowest BCUT2D eigenvalue weighted by Crippen LogP contribution is -1.99. The van der Waals surface area contributed by atoms with Crippen LogP contribution >= 0.6 is 0 Å². The molecule has 4 aromatic rings. The third-order valence-electron chi connectivity index (χ3n) is 3.61. The van der Waals surface area contributed by atoms with Crippen LogP contribution in [0.3, 0.4) is 0 Å². The van der Waals surface area contributed by atoms with Gasteiger partial charge >= 0.3 is 0 Å². The summed E-state index contributed by atoms with van der Waals surface area (Å²) in [6.07, 6.45) is 3.51. The van der Waals surface area contributed by atoms with E-state index in [0.717, 1.165) is 39.9 Å². The fraction of sp³-hybridized carbons (Fsp3) is 0.125. The van der Waals surface area contributed by atoms with Gasteiger partial charge in [-0.25, -0.2) is 4.98 Å². The molecule has 0 radical (unpaired) electrons. The van der Waals surface area contributed by atoms with Crippen LogP contribution in [0, 0.1) is 6.92 Å². The van der Waals surface area contributed by atoms with E-state index in [0.29, 0.717) is 0 Å². The van der Waals surface area contributed by atoms with Crippen molar-refractivity contribution in [3.8, 4) is 0 Å². The molecule has 0 unspecified atom stereocenters. The Morgan fingerprint density at radius 1 is 1.24 bits per heavy atom. The summed E-state index contributed by atoms with van der Waals surface area (Å²) in [7, 11) is 0. The smallest absolute Gasteiger partial charge is 0.181 e. The summed E-state index contributed by atoms with van der Waals surface area (Å²) in [6.45, 7) is 2.73. The highest BCUT2D eigenvalue weighted by atomic mass is 16.3. The molecule has 0 aliphatic carbocycles. The Morgan fingerprint density at radius 3 is 3.14 bits per heavy atom. The number of H-pyrrole nitrogens is 1. The molecule has 0 saturated carbocycles. The SMILES string of the molecule is Cc1[nH]nc2ncc(NCc3ccc4occc4c3)cc12. The molecule has 0 atom stereocenters. The van der Waals surface area contributed by atoms with Crippen LogP contribution in [-0.2, 0) is 6.54 Å². The van der Waals surface area contributed by atoms with Gasteiger partial charge in [-0.05, 0) is 36.8 Å². The Bertz CT molecular complexity index is 922. The third-order valence-corrected chi connectivity index (χ3v) is 3.61.